The molecule has 0 aliphatic rings. The number of fused-ring (bicyclic) bond motifs is 1. The lowest BCUT2D eigenvalue weighted by atomic mass is 9.94. The average Bonchev–Trinajstić information content (AvgIpc) is 2.48. The molecule has 0 heterocycles. The van der Waals surface area contributed by atoms with Crippen LogP contribution in [0, 0.1) is 0 Å². The van der Waals surface area contributed by atoms with Gasteiger partial charge in [-0.3, -0.25) is 0 Å². The van der Waals surface area contributed by atoms with Crippen molar-refractivity contribution in [1.82, 2.24) is 0 Å². The van der Waals surface area contributed by atoms with Crippen LogP contribution in [0.2, 0.25) is 0 Å². The van der Waals surface area contributed by atoms with Crippen LogP contribution in [0.5, 0.6) is 0 Å². The highest BCUT2D eigenvalue weighted by atomic mass is 16.4. The molecule has 0 amide bonds. The smallest absolute Gasteiger partial charge is 0.335 e. The first kappa shape index (κ1) is 12.4. The number of aromatic carboxylic acids is 1. The van der Waals surface area contributed by atoms with Gasteiger partial charge in [0.1, 0.15) is 0 Å². The fraction of sp³-hybridized carbons (Fsp3) is 0.0556. The SMILES string of the molecule is O=C(O)c1ccc2ccccc2c1Cc1ccccc1. The normalized spacial score (nSPS) is 10.6. The lowest BCUT2D eigenvalue weighted by Crippen LogP contribution is -2.04. The summed E-state index contributed by atoms with van der Waals surface area (Å²) in [5.41, 5.74) is 2.38. The van der Waals surface area contributed by atoms with Gasteiger partial charge < -0.3 is 5.11 Å². The molecule has 0 fully saturated rings. The number of carbonyl (C=O) groups is 1. The molecule has 0 radical (unpaired) electrons. The lowest BCUT2D eigenvalue weighted by Gasteiger charge is -2.10. The Labute approximate surface area is 117 Å². The monoisotopic (exact) mass is 262 g/mol. The Kier molecular flexibility index (Phi) is 3.21. The van der Waals surface area contributed by atoms with E-state index >= 15 is 0 Å². The zero-order valence-electron chi connectivity index (χ0n) is 10.9. The van der Waals surface area contributed by atoms with E-state index in [1.165, 1.54) is 0 Å². The number of rotatable bonds is 3. The molecular formula is C18H14O2. The molecule has 3 aromatic rings. The van der Waals surface area contributed by atoms with Gasteiger partial charge in [0.05, 0.1) is 5.56 Å². The van der Waals surface area contributed by atoms with E-state index in [1.54, 1.807) is 6.07 Å². The minimum absolute atomic E-state index is 0.382. The third-order valence-corrected chi connectivity index (χ3v) is 3.49. The quantitative estimate of drug-likeness (QED) is 0.770. The van der Waals surface area contributed by atoms with Crippen LogP contribution in [-0.4, -0.2) is 11.1 Å². The van der Waals surface area contributed by atoms with E-state index in [1.807, 2.05) is 60.7 Å². The summed E-state index contributed by atoms with van der Waals surface area (Å²) in [5.74, 6) is -0.873. The predicted molar refractivity (Wildman–Crippen MR) is 80.2 cm³/mol. The molecular weight excluding hydrogens is 248 g/mol. The van der Waals surface area contributed by atoms with Crippen LogP contribution in [0.3, 0.4) is 0 Å². The molecule has 20 heavy (non-hydrogen) atoms. The van der Waals surface area contributed by atoms with E-state index in [4.69, 9.17) is 0 Å². The Bertz CT molecular complexity index is 761. The van der Waals surface area contributed by atoms with Crippen molar-refractivity contribution in [3.63, 3.8) is 0 Å². The minimum Gasteiger partial charge on any atom is -0.478 e. The Hall–Kier alpha value is -2.61. The van der Waals surface area contributed by atoms with E-state index in [2.05, 4.69) is 0 Å². The molecule has 0 atom stereocenters. The van der Waals surface area contributed by atoms with Gasteiger partial charge in [0.25, 0.3) is 0 Å². The number of carboxylic acids is 1. The maximum atomic E-state index is 11.5. The fourth-order valence-corrected chi connectivity index (χ4v) is 2.53. The molecule has 98 valence electrons. The number of hydrogen-bond acceptors (Lipinski definition) is 1. The second-order valence-electron chi connectivity index (χ2n) is 4.78. The van der Waals surface area contributed by atoms with Gasteiger partial charge in [-0.2, -0.15) is 0 Å². The molecule has 0 aliphatic heterocycles. The largest absolute Gasteiger partial charge is 0.478 e. The zero-order chi connectivity index (χ0) is 13.9. The third kappa shape index (κ3) is 2.28. The third-order valence-electron chi connectivity index (χ3n) is 3.49. The van der Waals surface area contributed by atoms with E-state index in [9.17, 15) is 9.90 Å². The Morgan fingerprint density at radius 3 is 2.30 bits per heavy atom. The summed E-state index contributed by atoms with van der Waals surface area (Å²) in [6.45, 7) is 0. The standard InChI is InChI=1S/C18H14O2/c19-18(20)16-11-10-14-8-4-5-9-15(14)17(16)12-13-6-2-1-3-7-13/h1-11H,12H2,(H,19,20). The summed E-state index contributed by atoms with van der Waals surface area (Å²) in [6.07, 6.45) is 0.629. The van der Waals surface area contributed by atoms with Crippen LogP contribution in [0.1, 0.15) is 21.5 Å². The summed E-state index contributed by atoms with van der Waals surface area (Å²) < 4.78 is 0. The Morgan fingerprint density at radius 2 is 1.55 bits per heavy atom. The molecule has 0 saturated carbocycles. The van der Waals surface area contributed by atoms with Crippen LogP contribution >= 0.6 is 0 Å². The second-order valence-corrected chi connectivity index (χ2v) is 4.78. The summed E-state index contributed by atoms with van der Waals surface area (Å²) >= 11 is 0. The van der Waals surface area contributed by atoms with Gasteiger partial charge in [-0.15, -0.1) is 0 Å². The highest BCUT2D eigenvalue weighted by molar-refractivity contribution is 5.98. The van der Waals surface area contributed by atoms with Gasteiger partial charge in [-0.1, -0.05) is 60.7 Å². The Morgan fingerprint density at radius 1 is 0.850 bits per heavy atom. The zero-order valence-corrected chi connectivity index (χ0v) is 10.9. The fourth-order valence-electron chi connectivity index (χ4n) is 2.53. The van der Waals surface area contributed by atoms with Crippen molar-refractivity contribution < 1.29 is 9.90 Å². The van der Waals surface area contributed by atoms with Gasteiger partial charge in [-0.25, -0.2) is 4.79 Å². The molecule has 0 spiro atoms. The molecule has 0 unspecified atom stereocenters. The van der Waals surface area contributed by atoms with Gasteiger partial charge >= 0.3 is 5.97 Å². The maximum Gasteiger partial charge on any atom is 0.335 e. The van der Waals surface area contributed by atoms with Crippen LogP contribution in [0.25, 0.3) is 10.8 Å². The van der Waals surface area contributed by atoms with Gasteiger partial charge in [0.2, 0.25) is 0 Å². The summed E-state index contributed by atoms with van der Waals surface area (Å²) in [4.78, 5) is 11.5. The molecule has 2 nitrogen and oxygen atoms in total. The average molecular weight is 262 g/mol. The van der Waals surface area contributed by atoms with E-state index in [0.717, 1.165) is 21.9 Å². The first-order chi connectivity index (χ1) is 9.75. The summed E-state index contributed by atoms with van der Waals surface area (Å²) in [5, 5.41) is 11.5. The lowest BCUT2D eigenvalue weighted by molar-refractivity contribution is 0.0696. The van der Waals surface area contributed by atoms with Crippen molar-refractivity contribution in [2.24, 2.45) is 0 Å². The van der Waals surface area contributed by atoms with Crippen LogP contribution in [0.4, 0.5) is 0 Å². The predicted octanol–water partition coefficient (Wildman–Crippen LogP) is 4.13. The van der Waals surface area contributed by atoms with Crippen molar-refractivity contribution in [3.8, 4) is 0 Å². The summed E-state index contributed by atoms with van der Waals surface area (Å²) in [6, 6.07) is 21.4. The molecule has 0 aromatic heterocycles. The van der Waals surface area contributed by atoms with E-state index < -0.39 is 5.97 Å². The van der Waals surface area contributed by atoms with E-state index in [-0.39, 0.29) is 0 Å². The molecule has 2 heteroatoms. The number of carboxylic acid groups (broad SMARTS) is 1. The minimum atomic E-state index is -0.873. The summed E-state index contributed by atoms with van der Waals surface area (Å²) in [7, 11) is 0. The first-order valence-corrected chi connectivity index (χ1v) is 6.53. The van der Waals surface area contributed by atoms with Crippen LogP contribution < -0.4 is 0 Å². The number of benzene rings is 3. The van der Waals surface area contributed by atoms with Crippen molar-refractivity contribution in [1.29, 1.82) is 0 Å². The Balaban J connectivity index is 2.20. The van der Waals surface area contributed by atoms with Crippen molar-refractivity contribution in [2.45, 2.75) is 6.42 Å². The topological polar surface area (TPSA) is 37.3 Å². The maximum absolute atomic E-state index is 11.5. The molecule has 3 aromatic carbocycles. The molecule has 1 N–H and O–H groups in total. The van der Waals surface area contributed by atoms with Crippen LogP contribution in [-0.2, 0) is 6.42 Å². The molecule has 0 aliphatic carbocycles. The van der Waals surface area contributed by atoms with Crippen molar-refractivity contribution in [2.75, 3.05) is 0 Å². The molecule has 0 bridgehead atoms. The molecule has 0 saturated heterocycles. The van der Waals surface area contributed by atoms with Crippen LogP contribution in [0.15, 0.2) is 66.7 Å². The van der Waals surface area contributed by atoms with Crippen molar-refractivity contribution in [3.05, 3.63) is 83.4 Å². The van der Waals surface area contributed by atoms with E-state index in [0.29, 0.717) is 12.0 Å². The molecule has 3 rings (SSSR count). The van der Waals surface area contributed by atoms with Crippen molar-refractivity contribution >= 4 is 16.7 Å². The highest BCUT2D eigenvalue weighted by Crippen LogP contribution is 2.25. The van der Waals surface area contributed by atoms with Gasteiger partial charge in [-0.05, 0) is 34.4 Å². The number of hydrogen-bond donors (Lipinski definition) is 1. The van der Waals surface area contributed by atoms with Gasteiger partial charge in [0.15, 0.2) is 0 Å². The first-order valence-electron chi connectivity index (χ1n) is 6.53. The second kappa shape index (κ2) is 5.17. The highest BCUT2D eigenvalue weighted by Gasteiger charge is 2.13. The van der Waals surface area contributed by atoms with Gasteiger partial charge in [0, 0.05) is 0 Å².